The Morgan fingerprint density at radius 2 is 2.06 bits per heavy atom. The van der Waals surface area contributed by atoms with E-state index in [0.717, 1.165) is 19.3 Å². The van der Waals surface area contributed by atoms with Crippen LogP contribution >= 0.6 is 0 Å². The molecule has 2 aromatic rings. The van der Waals surface area contributed by atoms with Crippen molar-refractivity contribution in [1.29, 1.82) is 0 Å². The number of carboxylic acid groups (broad SMARTS) is 1. The number of aliphatic carboxylic acids is 1. The normalized spacial score (nSPS) is 24.2. The summed E-state index contributed by atoms with van der Waals surface area (Å²) in [5, 5.41) is 20.4. The summed E-state index contributed by atoms with van der Waals surface area (Å²) in [4.78, 5) is 28.0. The van der Waals surface area contributed by atoms with Gasteiger partial charge in [0.05, 0.1) is 42.3 Å². The maximum absolute atomic E-state index is 12.0. The lowest BCUT2D eigenvalue weighted by atomic mass is 9.87. The Bertz CT molecular complexity index is 1020. The van der Waals surface area contributed by atoms with Gasteiger partial charge < -0.3 is 19.9 Å². The van der Waals surface area contributed by atoms with Crippen molar-refractivity contribution in [2.45, 2.75) is 58.6 Å². The second kappa shape index (κ2) is 9.76. The molecule has 2 aromatic heterocycles. The predicted molar refractivity (Wildman–Crippen MR) is 118 cm³/mol. The van der Waals surface area contributed by atoms with E-state index in [1.54, 1.807) is 17.8 Å². The number of carboxylic acids is 1. The molecule has 33 heavy (non-hydrogen) atoms. The summed E-state index contributed by atoms with van der Waals surface area (Å²) < 4.78 is 13.0. The number of nitrogens with zero attached hydrogens (tertiary/aromatic N) is 4. The Morgan fingerprint density at radius 1 is 1.27 bits per heavy atom. The number of alkyl carbamates (subject to hydrolysis) is 1. The number of hydrogen-bond acceptors (Lipinski definition) is 7. The number of rotatable bonds is 8. The van der Waals surface area contributed by atoms with Crippen molar-refractivity contribution in [1.82, 2.24) is 25.3 Å². The van der Waals surface area contributed by atoms with Crippen LogP contribution in [0.4, 0.5) is 4.79 Å². The Balaban J connectivity index is 1.39. The summed E-state index contributed by atoms with van der Waals surface area (Å²) in [6.45, 7) is 4.66. The quantitative estimate of drug-likeness (QED) is 0.619. The van der Waals surface area contributed by atoms with Crippen molar-refractivity contribution < 1.29 is 24.2 Å². The molecule has 0 spiro atoms. The molecule has 0 aliphatic heterocycles. The fourth-order valence-corrected chi connectivity index (χ4v) is 4.26. The standard InChI is InChI=1S/C23H31N5O5/c1-13-9-16(13)12-32-23(31)24-11-19-21(26-27-28(19)3)18-7-8-20(14(2)25-18)33-17-6-4-5-15(10-17)22(29)30/h7-8,13,15-17H,4-6,9-12H2,1-3H3,(H,24,31)(H,29,30)/t13-,15-,16+,17-/m0/s1. The number of hydrogen-bond donors (Lipinski definition) is 2. The molecule has 0 bridgehead atoms. The van der Waals surface area contributed by atoms with Gasteiger partial charge in [-0.2, -0.15) is 0 Å². The zero-order valence-corrected chi connectivity index (χ0v) is 19.3. The van der Waals surface area contributed by atoms with Crippen molar-refractivity contribution in [2.24, 2.45) is 24.8 Å². The van der Waals surface area contributed by atoms with Gasteiger partial charge >= 0.3 is 12.1 Å². The van der Waals surface area contributed by atoms with Crippen LogP contribution in [0.25, 0.3) is 11.4 Å². The minimum absolute atomic E-state index is 0.132. The third kappa shape index (κ3) is 5.61. The SMILES string of the molecule is Cc1nc(-c2nnn(C)c2CNC(=O)OC[C@H]2C[C@@H]2C)ccc1O[C@H]1CCC[C@H](C(=O)O)C1. The molecule has 2 heterocycles. The van der Waals surface area contributed by atoms with Crippen LogP contribution in [0, 0.1) is 24.7 Å². The maximum atomic E-state index is 12.0. The van der Waals surface area contributed by atoms with Gasteiger partial charge in [0.1, 0.15) is 11.4 Å². The molecule has 4 atom stereocenters. The number of carbonyl (C=O) groups excluding carboxylic acids is 1. The minimum atomic E-state index is -0.761. The van der Waals surface area contributed by atoms with E-state index in [9.17, 15) is 14.7 Å². The molecule has 0 unspecified atom stereocenters. The first-order chi connectivity index (χ1) is 15.8. The monoisotopic (exact) mass is 457 g/mol. The predicted octanol–water partition coefficient (Wildman–Crippen LogP) is 3.09. The number of nitrogens with one attached hydrogen (secondary N) is 1. The second-order valence-corrected chi connectivity index (χ2v) is 9.16. The molecule has 178 valence electrons. The topological polar surface area (TPSA) is 128 Å². The molecular weight excluding hydrogens is 426 g/mol. The van der Waals surface area contributed by atoms with Crippen LogP contribution in [-0.2, 0) is 23.1 Å². The molecule has 0 aromatic carbocycles. The molecule has 10 nitrogen and oxygen atoms in total. The third-order valence-electron chi connectivity index (χ3n) is 6.60. The smallest absolute Gasteiger partial charge is 0.407 e. The molecule has 2 fully saturated rings. The van der Waals surface area contributed by atoms with Gasteiger partial charge in [-0.05, 0) is 63.0 Å². The lowest BCUT2D eigenvalue weighted by Gasteiger charge is -2.27. The highest BCUT2D eigenvalue weighted by atomic mass is 16.5. The number of carbonyl (C=O) groups is 2. The fourth-order valence-electron chi connectivity index (χ4n) is 4.26. The second-order valence-electron chi connectivity index (χ2n) is 9.16. The van der Waals surface area contributed by atoms with E-state index < -0.39 is 12.1 Å². The van der Waals surface area contributed by atoms with Crippen LogP contribution in [0.1, 0.15) is 50.4 Å². The fraction of sp³-hybridized carbons (Fsp3) is 0.609. The number of pyridine rings is 1. The molecule has 2 aliphatic carbocycles. The molecule has 0 saturated heterocycles. The van der Waals surface area contributed by atoms with Crippen molar-refractivity contribution in [3.05, 3.63) is 23.5 Å². The zero-order valence-electron chi connectivity index (χ0n) is 19.3. The summed E-state index contributed by atoms with van der Waals surface area (Å²) in [6, 6.07) is 3.64. The number of aryl methyl sites for hydroxylation is 2. The minimum Gasteiger partial charge on any atom is -0.489 e. The van der Waals surface area contributed by atoms with Gasteiger partial charge in [0.2, 0.25) is 0 Å². The van der Waals surface area contributed by atoms with Crippen LogP contribution in [0.2, 0.25) is 0 Å². The van der Waals surface area contributed by atoms with Gasteiger partial charge in [-0.3, -0.25) is 4.79 Å². The average molecular weight is 458 g/mol. The highest BCUT2D eigenvalue weighted by molar-refractivity contribution is 5.70. The molecule has 2 saturated carbocycles. The lowest BCUT2D eigenvalue weighted by Crippen LogP contribution is -2.29. The highest BCUT2D eigenvalue weighted by Crippen LogP contribution is 2.37. The number of amides is 1. The Hall–Kier alpha value is -3.17. The van der Waals surface area contributed by atoms with Crippen LogP contribution in [0.15, 0.2) is 12.1 Å². The summed E-state index contributed by atoms with van der Waals surface area (Å²) in [6.07, 6.45) is 3.39. The van der Waals surface area contributed by atoms with E-state index in [0.29, 0.717) is 59.8 Å². The van der Waals surface area contributed by atoms with Crippen LogP contribution in [0.3, 0.4) is 0 Å². The van der Waals surface area contributed by atoms with Crippen LogP contribution in [-0.4, -0.2) is 49.9 Å². The first-order valence-electron chi connectivity index (χ1n) is 11.5. The zero-order chi connectivity index (χ0) is 23.5. The molecule has 2 N–H and O–H groups in total. The summed E-state index contributed by atoms with van der Waals surface area (Å²) in [7, 11) is 1.76. The Labute approximate surface area is 192 Å². The highest BCUT2D eigenvalue weighted by Gasteiger charge is 2.33. The maximum Gasteiger partial charge on any atom is 0.407 e. The van der Waals surface area contributed by atoms with E-state index in [1.807, 2.05) is 13.0 Å². The van der Waals surface area contributed by atoms with E-state index in [4.69, 9.17) is 9.47 Å². The molecular formula is C23H31N5O5. The van der Waals surface area contributed by atoms with Gasteiger partial charge in [0.15, 0.2) is 0 Å². The average Bonchev–Trinajstić information content (AvgIpc) is 3.38. The molecule has 1 amide bonds. The first kappa shape index (κ1) is 23.0. The molecule has 4 rings (SSSR count). The van der Waals surface area contributed by atoms with Crippen molar-refractivity contribution in [2.75, 3.05) is 6.61 Å². The van der Waals surface area contributed by atoms with Gasteiger partial charge in [0, 0.05) is 7.05 Å². The van der Waals surface area contributed by atoms with Gasteiger partial charge in [-0.25, -0.2) is 14.5 Å². The van der Waals surface area contributed by atoms with Gasteiger partial charge in [-0.15, -0.1) is 5.10 Å². The number of aromatic nitrogens is 4. The summed E-state index contributed by atoms with van der Waals surface area (Å²) in [5.41, 5.74) is 2.60. The lowest BCUT2D eigenvalue weighted by molar-refractivity contribution is -0.143. The van der Waals surface area contributed by atoms with E-state index in [-0.39, 0.29) is 18.6 Å². The Kier molecular flexibility index (Phi) is 6.80. The van der Waals surface area contributed by atoms with Crippen LogP contribution < -0.4 is 10.1 Å². The summed E-state index contributed by atoms with van der Waals surface area (Å²) >= 11 is 0. The molecule has 2 aliphatic rings. The Morgan fingerprint density at radius 3 is 2.76 bits per heavy atom. The number of ether oxygens (including phenoxy) is 2. The molecule has 10 heteroatoms. The van der Waals surface area contributed by atoms with Gasteiger partial charge in [0.25, 0.3) is 0 Å². The van der Waals surface area contributed by atoms with Gasteiger partial charge in [-0.1, -0.05) is 12.1 Å². The third-order valence-corrected chi connectivity index (χ3v) is 6.60. The van der Waals surface area contributed by atoms with Crippen molar-refractivity contribution >= 4 is 12.1 Å². The van der Waals surface area contributed by atoms with Crippen LogP contribution in [0.5, 0.6) is 5.75 Å². The van der Waals surface area contributed by atoms with Crippen molar-refractivity contribution in [3.63, 3.8) is 0 Å². The summed E-state index contributed by atoms with van der Waals surface area (Å²) in [5.74, 6) is 0.620. The van der Waals surface area contributed by atoms with E-state index >= 15 is 0 Å². The molecule has 0 radical (unpaired) electrons. The van der Waals surface area contributed by atoms with E-state index in [1.165, 1.54) is 0 Å². The van der Waals surface area contributed by atoms with E-state index in [2.05, 4.69) is 27.5 Å². The first-order valence-corrected chi connectivity index (χ1v) is 11.5. The van der Waals surface area contributed by atoms with Crippen molar-refractivity contribution in [3.8, 4) is 17.1 Å². The largest absolute Gasteiger partial charge is 0.489 e.